The van der Waals surface area contributed by atoms with E-state index in [-0.39, 0.29) is 11.1 Å². The molecule has 0 saturated carbocycles. The Hall–Kier alpha value is -2.85. The molecule has 1 aromatic heterocycles. The maximum atomic E-state index is 12.7. The molecule has 144 valence electrons. The molecule has 0 radical (unpaired) electrons. The molecule has 3 aromatic rings. The zero-order chi connectivity index (χ0) is 19.9. The maximum Gasteiger partial charge on any atom is 0.263 e. The monoisotopic (exact) mass is 394 g/mol. The number of rotatable bonds is 7. The van der Waals surface area contributed by atoms with Crippen LogP contribution in [0.4, 0.5) is 5.69 Å². The van der Waals surface area contributed by atoms with Gasteiger partial charge in [-0.15, -0.1) is 0 Å². The number of unbranched alkanes of at least 4 members (excludes halogenated alkanes) is 1. The van der Waals surface area contributed by atoms with Gasteiger partial charge in [-0.25, -0.2) is 0 Å². The lowest BCUT2D eigenvalue weighted by Gasteiger charge is -2.10. The normalized spacial score (nSPS) is 10.6. The molecule has 1 amide bonds. The van der Waals surface area contributed by atoms with E-state index in [1.165, 1.54) is 16.2 Å². The van der Waals surface area contributed by atoms with Crippen molar-refractivity contribution >= 4 is 23.2 Å². The highest BCUT2D eigenvalue weighted by molar-refractivity contribution is 6.31. The molecule has 2 aromatic carbocycles. The van der Waals surface area contributed by atoms with E-state index in [9.17, 15) is 9.59 Å². The molecule has 0 unspecified atom stereocenters. The van der Waals surface area contributed by atoms with Crippen molar-refractivity contribution in [2.45, 2.75) is 32.7 Å². The predicted octanol–water partition coefficient (Wildman–Crippen LogP) is 5.14. The van der Waals surface area contributed by atoms with E-state index in [0.29, 0.717) is 17.3 Å². The van der Waals surface area contributed by atoms with Crippen LogP contribution >= 0.6 is 11.6 Å². The molecule has 0 aliphatic carbocycles. The highest BCUT2D eigenvalue weighted by Gasteiger charge is 2.13. The van der Waals surface area contributed by atoms with E-state index in [0.717, 1.165) is 24.8 Å². The van der Waals surface area contributed by atoms with Gasteiger partial charge in [0.2, 0.25) is 0 Å². The third-order valence-corrected chi connectivity index (χ3v) is 4.96. The Labute approximate surface area is 169 Å². The number of amides is 1. The molecule has 4 nitrogen and oxygen atoms in total. The van der Waals surface area contributed by atoms with Gasteiger partial charge in [-0.2, -0.15) is 0 Å². The summed E-state index contributed by atoms with van der Waals surface area (Å²) >= 11 is 6.19. The number of nitrogens with one attached hydrogen (secondary N) is 1. The standard InChI is InChI=1S/C23H23ClN2O2/c1-2-3-7-17-11-13-19(14-12-17)25-22(27)20-9-6-15-26(23(20)28)16-18-8-4-5-10-21(18)24/h4-6,8-15H,2-3,7,16H2,1H3,(H,25,27). The van der Waals surface area contributed by atoms with Crippen LogP contribution < -0.4 is 10.9 Å². The quantitative estimate of drug-likeness (QED) is 0.602. The third-order valence-electron chi connectivity index (χ3n) is 4.59. The van der Waals surface area contributed by atoms with Crippen molar-refractivity contribution in [1.82, 2.24) is 4.57 Å². The van der Waals surface area contributed by atoms with Crippen molar-refractivity contribution in [1.29, 1.82) is 0 Å². The van der Waals surface area contributed by atoms with Crippen molar-refractivity contribution in [2.75, 3.05) is 5.32 Å². The zero-order valence-electron chi connectivity index (χ0n) is 15.8. The van der Waals surface area contributed by atoms with Crippen molar-refractivity contribution in [2.24, 2.45) is 0 Å². The molecule has 5 heteroatoms. The van der Waals surface area contributed by atoms with E-state index in [2.05, 4.69) is 12.2 Å². The molecular weight excluding hydrogens is 372 g/mol. The molecule has 0 bridgehead atoms. The zero-order valence-corrected chi connectivity index (χ0v) is 16.6. The van der Waals surface area contributed by atoms with Crippen LogP contribution in [0.15, 0.2) is 71.7 Å². The molecule has 0 atom stereocenters. The molecule has 0 spiro atoms. The topological polar surface area (TPSA) is 51.1 Å². The average molecular weight is 395 g/mol. The van der Waals surface area contributed by atoms with Crippen LogP contribution in [0.25, 0.3) is 0 Å². The second-order valence-electron chi connectivity index (χ2n) is 6.70. The molecule has 0 saturated heterocycles. The fraction of sp³-hybridized carbons (Fsp3) is 0.217. The molecule has 0 aliphatic rings. The van der Waals surface area contributed by atoms with Crippen molar-refractivity contribution in [3.8, 4) is 0 Å². The number of nitrogens with zero attached hydrogens (tertiary/aromatic N) is 1. The number of benzene rings is 2. The Bertz CT molecular complexity index is 1010. The number of anilines is 1. The van der Waals surface area contributed by atoms with Crippen LogP contribution in [0, 0.1) is 0 Å². The summed E-state index contributed by atoms with van der Waals surface area (Å²) < 4.78 is 1.49. The Kier molecular flexibility index (Phi) is 6.66. The first kappa shape index (κ1) is 19.9. The van der Waals surface area contributed by atoms with Crippen LogP contribution in [-0.2, 0) is 13.0 Å². The molecule has 0 aliphatic heterocycles. The molecule has 1 heterocycles. The summed E-state index contributed by atoms with van der Waals surface area (Å²) in [5.41, 5.74) is 2.49. The number of pyridine rings is 1. The van der Waals surface area contributed by atoms with Gasteiger partial charge in [-0.1, -0.05) is 55.3 Å². The van der Waals surface area contributed by atoms with Crippen LogP contribution in [0.2, 0.25) is 5.02 Å². The summed E-state index contributed by atoms with van der Waals surface area (Å²) in [7, 11) is 0. The van der Waals surface area contributed by atoms with Gasteiger partial charge in [0, 0.05) is 16.9 Å². The molecular formula is C23H23ClN2O2. The average Bonchev–Trinajstić information content (AvgIpc) is 2.70. The fourth-order valence-electron chi connectivity index (χ4n) is 2.98. The van der Waals surface area contributed by atoms with Gasteiger partial charge >= 0.3 is 0 Å². The third kappa shape index (κ3) is 4.90. The van der Waals surface area contributed by atoms with Gasteiger partial charge in [0.25, 0.3) is 11.5 Å². The number of hydrogen-bond donors (Lipinski definition) is 1. The van der Waals surface area contributed by atoms with E-state index >= 15 is 0 Å². The van der Waals surface area contributed by atoms with Crippen molar-refractivity contribution in [3.63, 3.8) is 0 Å². The molecule has 3 rings (SSSR count). The van der Waals surface area contributed by atoms with Gasteiger partial charge in [0.05, 0.1) is 6.54 Å². The highest BCUT2D eigenvalue weighted by atomic mass is 35.5. The van der Waals surface area contributed by atoms with Crippen molar-refractivity contribution in [3.05, 3.63) is 98.9 Å². The second-order valence-corrected chi connectivity index (χ2v) is 7.11. The van der Waals surface area contributed by atoms with Crippen LogP contribution in [0.3, 0.4) is 0 Å². The van der Waals surface area contributed by atoms with Crippen molar-refractivity contribution < 1.29 is 4.79 Å². The predicted molar refractivity (Wildman–Crippen MR) is 114 cm³/mol. The number of aryl methyl sites for hydroxylation is 1. The highest BCUT2D eigenvalue weighted by Crippen LogP contribution is 2.16. The summed E-state index contributed by atoms with van der Waals surface area (Å²) in [5, 5.41) is 3.40. The molecule has 28 heavy (non-hydrogen) atoms. The Morgan fingerprint density at radius 3 is 2.50 bits per heavy atom. The largest absolute Gasteiger partial charge is 0.322 e. The van der Waals surface area contributed by atoms with Crippen LogP contribution in [0.5, 0.6) is 0 Å². The second kappa shape index (κ2) is 9.38. The molecule has 1 N–H and O–H groups in total. The SMILES string of the molecule is CCCCc1ccc(NC(=O)c2cccn(Cc3ccccc3Cl)c2=O)cc1. The summed E-state index contributed by atoms with van der Waals surface area (Å²) in [4.78, 5) is 25.4. The van der Waals surface area contributed by atoms with E-state index in [1.807, 2.05) is 42.5 Å². The Morgan fingerprint density at radius 2 is 1.79 bits per heavy atom. The first-order chi connectivity index (χ1) is 13.6. The van der Waals surface area contributed by atoms with Gasteiger partial charge in [0.1, 0.15) is 5.56 Å². The van der Waals surface area contributed by atoms with E-state index in [4.69, 9.17) is 11.6 Å². The first-order valence-electron chi connectivity index (χ1n) is 9.41. The summed E-state index contributed by atoms with van der Waals surface area (Å²) in [6.45, 7) is 2.47. The number of carbonyl (C=O) groups is 1. The number of carbonyl (C=O) groups excluding carboxylic acids is 1. The van der Waals surface area contributed by atoms with Crippen LogP contribution in [-0.4, -0.2) is 10.5 Å². The maximum absolute atomic E-state index is 12.7. The lowest BCUT2D eigenvalue weighted by molar-refractivity contribution is 0.102. The minimum absolute atomic E-state index is 0.101. The lowest BCUT2D eigenvalue weighted by atomic mass is 10.1. The Balaban J connectivity index is 1.75. The molecule has 0 fully saturated rings. The first-order valence-corrected chi connectivity index (χ1v) is 9.79. The van der Waals surface area contributed by atoms with Gasteiger partial charge in [-0.3, -0.25) is 9.59 Å². The number of aromatic nitrogens is 1. The smallest absolute Gasteiger partial charge is 0.263 e. The fourth-order valence-corrected chi connectivity index (χ4v) is 3.17. The Morgan fingerprint density at radius 1 is 1.04 bits per heavy atom. The van der Waals surface area contributed by atoms with E-state index < -0.39 is 5.91 Å². The summed E-state index contributed by atoms with van der Waals surface area (Å²) in [6.07, 6.45) is 4.97. The number of hydrogen-bond acceptors (Lipinski definition) is 2. The number of halogens is 1. The lowest BCUT2D eigenvalue weighted by Crippen LogP contribution is -2.29. The van der Waals surface area contributed by atoms with Gasteiger partial charge in [-0.05, 0) is 54.3 Å². The van der Waals surface area contributed by atoms with Gasteiger partial charge < -0.3 is 9.88 Å². The summed E-state index contributed by atoms with van der Waals surface area (Å²) in [5.74, 6) is -0.417. The van der Waals surface area contributed by atoms with E-state index in [1.54, 1.807) is 18.3 Å². The van der Waals surface area contributed by atoms with Gasteiger partial charge in [0.15, 0.2) is 0 Å². The minimum Gasteiger partial charge on any atom is -0.322 e. The summed E-state index contributed by atoms with van der Waals surface area (Å²) in [6, 6.07) is 18.3. The van der Waals surface area contributed by atoms with Crippen LogP contribution in [0.1, 0.15) is 41.3 Å². The minimum atomic E-state index is -0.417.